The number of carbonyl (C=O) groups excluding carboxylic acids is 3. The van der Waals surface area contributed by atoms with Gasteiger partial charge in [0.2, 0.25) is 5.91 Å². The molecule has 2 N–H and O–H groups in total. The van der Waals surface area contributed by atoms with Gasteiger partial charge in [0.1, 0.15) is 0 Å². The van der Waals surface area contributed by atoms with Crippen LogP contribution in [-0.4, -0.2) is 34.8 Å². The summed E-state index contributed by atoms with van der Waals surface area (Å²) in [4.78, 5) is 50.4. The second-order valence-electron chi connectivity index (χ2n) is 16.8. The first-order valence-electron chi connectivity index (χ1n) is 16.3. The molecule has 1 amide bonds. The molecule has 5 aliphatic carbocycles. The van der Waals surface area contributed by atoms with Crippen LogP contribution >= 0.6 is 0 Å². The fraction of sp³-hybridized carbons (Fsp3) is 0.829. The summed E-state index contributed by atoms with van der Waals surface area (Å²) in [6.07, 6.45) is 10.2. The number of ketones is 1. The molecule has 5 aliphatic rings. The van der Waals surface area contributed by atoms with Crippen molar-refractivity contribution in [2.45, 2.75) is 132 Å². The largest absolute Gasteiger partial charge is 1.00 e. The maximum Gasteiger partial charge on any atom is 1.00 e. The molecule has 0 bridgehead atoms. The van der Waals surface area contributed by atoms with E-state index in [1.165, 1.54) is 5.57 Å². The van der Waals surface area contributed by atoms with Crippen molar-refractivity contribution < 1.29 is 80.8 Å². The number of hydrogen-bond donors (Lipinski definition) is 2. The summed E-state index contributed by atoms with van der Waals surface area (Å²) in [5.41, 5.74) is -0.302. The summed E-state index contributed by atoms with van der Waals surface area (Å²) in [6.45, 7) is 15.8. The third kappa shape index (κ3) is 5.39. The van der Waals surface area contributed by atoms with Crippen LogP contribution in [0.25, 0.3) is 0 Å². The van der Waals surface area contributed by atoms with E-state index in [0.717, 1.165) is 44.9 Å². The fourth-order valence-electron chi connectivity index (χ4n) is 11.3. The van der Waals surface area contributed by atoms with E-state index >= 15 is 0 Å². The molecular formula is C35H52KNO6. The second-order valence-corrected chi connectivity index (χ2v) is 16.8. The normalized spacial score (nSPS) is 44.7. The Kier molecular flexibility index (Phi) is 9.53. The quantitative estimate of drug-likeness (QED) is 0.440. The fourth-order valence-corrected chi connectivity index (χ4v) is 11.3. The Morgan fingerprint density at radius 2 is 1.58 bits per heavy atom. The minimum Gasteiger partial charge on any atom is -0.550 e. The molecule has 0 radical (unpaired) electrons. The first-order valence-corrected chi connectivity index (χ1v) is 16.3. The zero-order valence-electron chi connectivity index (χ0n) is 27.9. The predicted octanol–water partition coefficient (Wildman–Crippen LogP) is 2.46. The number of hydrogen-bond acceptors (Lipinski definition) is 5. The maximum atomic E-state index is 14.5. The van der Waals surface area contributed by atoms with Gasteiger partial charge in [-0.1, -0.05) is 47.1 Å². The number of aliphatic carboxylic acids is 2. The number of carboxylic acid groups (broad SMARTS) is 2. The predicted molar refractivity (Wildman–Crippen MR) is 158 cm³/mol. The summed E-state index contributed by atoms with van der Waals surface area (Å²) >= 11 is 0. The van der Waals surface area contributed by atoms with Crippen molar-refractivity contribution in [3.63, 3.8) is 0 Å². The zero-order chi connectivity index (χ0) is 31.1. The molecule has 43 heavy (non-hydrogen) atoms. The first-order chi connectivity index (χ1) is 19.3. The van der Waals surface area contributed by atoms with Gasteiger partial charge in [0.25, 0.3) is 0 Å². The number of carbonyl (C=O) groups is 4. The van der Waals surface area contributed by atoms with E-state index in [1.807, 2.05) is 13.0 Å². The van der Waals surface area contributed by atoms with Crippen LogP contribution in [0.2, 0.25) is 0 Å². The molecular weight excluding hydrogens is 569 g/mol. The molecule has 8 heteroatoms. The Labute approximate surface area is 300 Å². The minimum absolute atomic E-state index is 0. The molecule has 9 atom stereocenters. The summed E-state index contributed by atoms with van der Waals surface area (Å²) in [6, 6.07) is -0.0258. The summed E-state index contributed by atoms with van der Waals surface area (Å²) in [7, 11) is 0. The Morgan fingerprint density at radius 3 is 2.21 bits per heavy atom. The van der Waals surface area contributed by atoms with E-state index in [-0.39, 0.29) is 133 Å². The molecule has 0 aromatic rings. The zero-order valence-corrected chi connectivity index (χ0v) is 31.0. The minimum atomic E-state index is -1.13. The number of amides is 1. The van der Waals surface area contributed by atoms with Gasteiger partial charge >= 0.3 is 57.4 Å². The van der Waals surface area contributed by atoms with Crippen LogP contribution in [0.3, 0.4) is 0 Å². The first kappa shape index (κ1) is 35.3. The second kappa shape index (κ2) is 11.6. The Hall–Kier alpha value is -0.544. The molecule has 0 aromatic heterocycles. The van der Waals surface area contributed by atoms with Crippen molar-refractivity contribution in [3.05, 3.63) is 11.6 Å². The molecule has 5 rings (SSSR count). The monoisotopic (exact) mass is 621 g/mol. The van der Waals surface area contributed by atoms with E-state index in [2.05, 4.69) is 46.9 Å². The molecule has 0 aliphatic heterocycles. The van der Waals surface area contributed by atoms with Gasteiger partial charge in [-0.05, 0) is 123 Å². The van der Waals surface area contributed by atoms with E-state index < -0.39 is 17.4 Å². The van der Waals surface area contributed by atoms with Gasteiger partial charge in [-0.3, -0.25) is 14.4 Å². The van der Waals surface area contributed by atoms with Gasteiger partial charge in [0, 0.05) is 24.3 Å². The van der Waals surface area contributed by atoms with Crippen LogP contribution in [-0.2, 0) is 19.2 Å². The topological polar surface area (TPSA) is 124 Å². The van der Waals surface area contributed by atoms with E-state index in [0.29, 0.717) is 12.8 Å². The summed E-state index contributed by atoms with van der Waals surface area (Å²) in [5, 5.41) is 24.2. The van der Waals surface area contributed by atoms with Crippen LogP contribution in [0, 0.1) is 50.2 Å². The number of carboxylic acids is 2. The van der Waals surface area contributed by atoms with Crippen molar-refractivity contribution in [2.75, 3.05) is 0 Å². The standard InChI is InChI=1S/C35H53NO6.K/c1-30(2)24-11-14-35(7)28(33(24,5)13-12-25(30)36-26(38)9-8-10-27(39)40)23(37)19-21-22-20-32(4,29(41)42)16-15-31(22,3)17-18-34(21,35)6;/h19,22,24-25,28H,8-18,20H2,1-7H3,(H,36,38)(H,39,40)(H,41,42);/q;+1/p-1/t22-,24?,25-,28?,31+,32-,33-,34+,35+;/m0./s1. The molecule has 234 valence electrons. The molecule has 0 aromatic carbocycles. The van der Waals surface area contributed by atoms with Crippen LogP contribution in [0.5, 0.6) is 0 Å². The van der Waals surface area contributed by atoms with Crippen LogP contribution in [0.1, 0.15) is 126 Å². The Morgan fingerprint density at radius 1 is 0.930 bits per heavy atom. The van der Waals surface area contributed by atoms with Crippen molar-refractivity contribution in [2.24, 2.45) is 50.2 Å². The molecule has 0 spiro atoms. The number of fused-ring (bicyclic) bond motifs is 7. The molecule has 7 nitrogen and oxygen atoms in total. The van der Waals surface area contributed by atoms with Gasteiger partial charge in [-0.15, -0.1) is 0 Å². The molecule has 2 unspecified atom stereocenters. The average Bonchev–Trinajstić information content (AvgIpc) is 2.87. The third-order valence-electron chi connectivity index (χ3n) is 14.2. The van der Waals surface area contributed by atoms with Gasteiger partial charge in [-0.2, -0.15) is 0 Å². The van der Waals surface area contributed by atoms with Gasteiger partial charge in [-0.25, -0.2) is 0 Å². The van der Waals surface area contributed by atoms with E-state index in [4.69, 9.17) is 0 Å². The van der Waals surface area contributed by atoms with Crippen LogP contribution < -0.4 is 61.8 Å². The van der Waals surface area contributed by atoms with Gasteiger partial charge in [0.15, 0.2) is 5.78 Å². The third-order valence-corrected chi connectivity index (χ3v) is 14.2. The smallest absolute Gasteiger partial charge is 0.550 e. The van der Waals surface area contributed by atoms with Crippen molar-refractivity contribution in [1.82, 2.24) is 5.32 Å². The van der Waals surface area contributed by atoms with Crippen molar-refractivity contribution in [1.29, 1.82) is 0 Å². The average molecular weight is 622 g/mol. The summed E-state index contributed by atoms with van der Waals surface area (Å²) in [5.74, 6) is -1.49. The SMILES string of the molecule is CC1(C)C2CC[C@]3(C)C(C(=O)C=C4[C@@H]5C[C@@](C)(C(=O)O)CC[C@]5(C)CC[C@]43C)[C@@]2(C)CC[C@@H]1NC(=O)CCCC(=O)[O-].[K+]. The Balaban J connectivity index is 0.00000423. The molecule has 0 heterocycles. The van der Waals surface area contributed by atoms with Crippen molar-refractivity contribution >= 4 is 23.6 Å². The van der Waals surface area contributed by atoms with Crippen LogP contribution in [0.4, 0.5) is 0 Å². The summed E-state index contributed by atoms with van der Waals surface area (Å²) < 4.78 is 0. The number of allylic oxidation sites excluding steroid dienone is 2. The van der Waals surface area contributed by atoms with Crippen molar-refractivity contribution in [3.8, 4) is 0 Å². The molecule has 0 saturated heterocycles. The molecule has 4 fully saturated rings. The van der Waals surface area contributed by atoms with Gasteiger partial charge < -0.3 is 20.3 Å². The van der Waals surface area contributed by atoms with Gasteiger partial charge in [0.05, 0.1) is 5.41 Å². The van der Waals surface area contributed by atoms with Crippen LogP contribution in [0.15, 0.2) is 11.6 Å². The Bertz CT molecular complexity index is 1230. The van der Waals surface area contributed by atoms with E-state index in [1.54, 1.807) is 0 Å². The molecule has 4 saturated carbocycles. The number of rotatable bonds is 6. The van der Waals surface area contributed by atoms with E-state index in [9.17, 15) is 29.4 Å². The number of nitrogens with one attached hydrogen (secondary N) is 1. The maximum absolute atomic E-state index is 14.5.